The number of rotatable bonds is 3. The predicted molar refractivity (Wildman–Crippen MR) is 75.5 cm³/mol. The van der Waals surface area contributed by atoms with Crippen LogP contribution in [-0.4, -0.2) is 23.9 Å². The second-order valence-corrected chi connectivity index (χ2v) is 5.89. The quantitative estimate of drug-likeness (QED) is 0.902. The standard InChI is InChI=1S/C16H22N2O/c1-2-7-16(8-9-17-12-16)15(19)18-10-13-5-3-4-6-14(13)11-18/h3-6,17H,2,7-12H2,1H3. The number of hydrogen-bond donors (Lipinski definition) is 1. The summed E-state index contributed by atoms with van der Waals surface area (Å²) in [6.45, 7) is 5.59. The van der Waals surface area contributed by atoms with E-state index in [1.807, 2.05) is 4.90 Å². The molecule has 19 heavy (non-hydrogen) atoms. The predicted octanol–water partition coefficient (Wildman–Crippen LogP) is 2.31. The molecule has 102 valence electrons. The number of benzene rings is 1. The highest BCUT2D eigenvalue weighted by Crippen LogP contribution is 2.36. The van der Waals surface area contributed by atoms with Crippen molar-refractivity contribution in [3.8, 4) is 0 Å². The minimum Gasteiger partial charge on any atom is -0.333 e. The van der Waals surface area contributed by atoms with Crippen molar-refractivity contribution in [2.45, 2.75) is 39.3 Å². The van der Waals surface area contributed by atoms with Crippen LogP contribution in [0.4, 0.5) is 0 Å². The zero-order valence-electron chi connectivity index (χ0n) is 11.6. The second kappa shape index (κ2) is 4.97. The maximum Gasteiger partial charge on any atom is 0.230 e. The summed E-state index contributed by atoms with van der Waals surface area (Å²) in [5.41, 5.74) is 2.48. The molecule has 2 aliphatic heterocycles. The molecule has 2 heterocycles. The lowest BCUT2D eigenvalue weighted by molar-refractivity contribution is -0.142. The van der Waals surface area contributed by atoms with Crippen LogP contribution in [0.2, 0.25) is 0 Å². The van der Waals surface area contributed by atoms with E-state index in [4.69, 9.17) is 0 Å². The molecule has 3 rings (SSSR count). The first-order valence-corrected chi connectivity index (χ1v) is 7.32. The number of hydrogen-bond acceptors (Lipinski definition) is 2. The minimum atomic E-state index is -0.142. The van der Waals surface area contributed by atoms with Gasteiger partial charge in [-0.3, -0.25) is 4.79 Å². The summed E-state index contributed by atoms with van der Waals surface area (Å²) in [6, 6.07) is 8.40. The molecule has 0 saturated carbocycles. The molecule has 1 aromatic rings. The minimum absolute atomic E-state index is 0.142. The molecule has 1 unspecified atom stereocenters. The van der Waals surface area contributed by atoms with E-state index in [-0.39, 0.29) is 5.41 Å². The van der Waals surface area contributed by atoms with Crippen LogP contribution in [0.25, 0.3) is 0 Å². The van der Waals surface area contributed by atoms with Crippen LogP contribution in [0, 0.1) is 5.41 Å². The number of carbonyl (C=O) groups excluding carboxylic acids is 1. The fourth-order valence-electron chi connectivity index (χ4n) is 3.54. The van der Waals surface area contributed by atoms with E-state index >= 15 is 0 Å². The van der Waals surface area contributed by atoms with Gasteiger partial charge in [-0.05, 0) is 30.5 Å². The summed E-state index contributed by atoms with van der Waals surface area (Å²) in [6.07, 6.45) is 3.08. The van der Waals surface area contributed by atoms with Gasteiger partial charge in [-0.25, -0.2) is 0 Å². The van der Waals surface area contributed by atoms with E-state index in [1.54, 1.807) is 0 Å². The van der Waals surface area contributed by atoms with Gasteiger partial charge in [0.25, 0.3) is 0 Å². The number of amides is 1. The van der Waals surface area contributed by atoms with E-state index < -0.39 is 0 Å². The smallest absolute Gasteiger partial charge is 0.230 e. The topological polar surface area (TPSA) is 32.3 Å². The van der Waals surface area contributed by atoms with Gasteiger partial charge >= 0.3 is 0 Å². The van der Waals surface area contributed by atoms with Crippen LogP contribution in [0.1, 0.15) is 37.3 Å². The van der Waals surface area contributed by atoms with E-state index in [0.717, 1.165) is 45.4 Å². The summed E-state index contributed by atoms with van der Waals surface area (Å²) in [5, 5.41) is 3.38. The molecule has 1 saturated heterocycles. The molecule has 0 aliphatic carbocycles. The average molecular weight is 258 g/mol. The Morgan fingerprint density at radius 1 is 1.32 bits per heavy atom. The van der Waals surface area contributed by atoms with Crippen LogP contribution < -0.4 is 5.32 Å². The van der Waals surface area contributed by atoms with Crippen molar-refractivity contribution in [3.05, 3.63) is 35.4 Å². The highest BCUT2D eigenvalue weighted by atomic mass is 16.2. The van der Waals surface area contributed by atoms with E-state index in [9.17, 15) is 4.79 Å². The fourth-order valence-corrected chi connectivity index (χ4v) is 3.54. The van der Waals surface area contributed by atoms with Crippen LogP contribution in [0.3, 0.4) is 0 Å². The highest BCUT2D eigenvalue weighted by Gasteiger charge is 2.43. The fraction of sp³-hybridized carbons (Fsp3) is 0.562. The van der Waals surface area contributed by atoms with E-state index in [2.05, 4.69) is 36.5 Å². The van der Waals surface area contributed by atoms with Crippen molar-refractivity contribution in [1.82, 2.24) is 10.2 Å². The average Bonchev–Trinajstić information content (AvgIpc) is 3.04. The summed E-state index contributed by atoms with van der Waals surface area (Å²) in [7, 11) is 0. The van der Waals surface area contributed by atoms with Gasteiger partial charge in [-0.2, -0.15) is 0 Å². The Kier molecular flexibility index (Phi) is 3.31. The third kappa shape index (κ3) is 2.16. The van der Waals surface area contributed by atoms with E-state index in [1.165, 1.54) is 11.1 Å². The van der Waals surface area contributed by atoms with Gasteiger partial charge < -0.3 is 10.2 Å². The first-order valence-electron chi connectivity index (χ1n) is 7.32. The van der Waals surface area contributed by atoms with Crippen molar-refractivity contribution in [2.24, 2.45) is 5.41 Å². The van der Waals surface area contributed by atoms with Gasteiger partial charge in [0.15, 0.2) is 0 Å². The Balaban J connectivity index is 1.78. The van der Waals surface area contributed by atoms with Crippen LogP contribution in [0.15, 0.2) is 24.3 Å². The first kappa shape index (κ1) is 12.7. The zero-order valence-corrected chi connectivity index (χ0v) is 11.6. The first-order chi connectivity index (χ1) is 9.25. The summed E-state index contributed by atoms with van der Waals surface area (Å²) < 4.78 is 0. The molecule has 0 spiro atoms. The highest BCUT2D eigenvalue weighted by molar-refractivity contribution is 5.84. The van der Waals surface area contributed by atoms with Gasteiger partial charge in [0.05, 0.1) is 5.41 Å². The Bertz CT molecular complexity index is 452. The lowest BCUT2D eigenvalue weighted by atomic mass is 9.81. The Labute approximate surface area is 115 Å². The summed E-state index contributed by atoms with van der Waals surface area (Å²) in [4.78, 5) is 15.0. The molecule has 1 amide bonds. The largest absolute Gasteiger partial charge is 0.333 e. The molecular weight excluding hydrogens is 236 g/mol. The van der Waals surface area contributed by atoms with Crippen LogP contribution in [0.5, 0.6) is 0 Å². The molecule has 1 atom stereocenters. The van der Waals surface area contributed by atoms with Crippen molar-refractivity contribution in [1.29, 1.82) is 0 Å². The molecule has 1 N–H and O–H groups in total. The third-order valence-corrected chi connectivity index (χ3v) is 4.55. The Morgan fingerprint density at radius 2 is 2.00 bits per heavy atom. The van der Waals surface area contributed by atoms with Gasteiger partial charge in [0.2, 0.25) is 5.91 Å². The van der Waals surface area contributed by atoms with Crippen molar-refractivity contribution in [3.63, 3.8) is 0 Å². The molecule has 2 aliphatic rings. The van der Waals surface area contributed by atoms with Crippen molar-refractivity contribution < 1.29 is 4.79 Å². The monoisotopic (exact) mass is 258 g/mol. The van der Waals surface area contributed by atoms with Crippen LogP contribution >= 0.6 is 0 Å². The normalized spacial score (nSPS) is 25.6. The van der Waals surface area contributed by atoms with Gasteiger partial charge in [-0.1, -0.05) is 37.6 Å². The maximum absolute atomic E-state index is 12.9. The molecular formula is C16H22N2O. The number of fused-ring (bicyclic) bond motifs is 1. The third-order valence-electron chi connectivity index (χ3n) is 4.55. The maximum atomic E-state index is 12.9. The molecule has 3 heteroatoms. The number of nitrogens with one attached hydrogen (secondary N) is 1. The number of nitrogens with zero attached hydrogens (tertiary/aromatic N) is 1. The zero-order chi connectivity index (χ0) is 13.3. The molecule has 1 aromatic carbocycles. The molecule has 3 nitrogen and oxygen atoms in total. The van der Waals surface area contributed by atoms with Crippen molar-refractivity contribution in [2.75, 3.05) is 13.1 Å². The van der Waals surface area contributed by atoms with Gasteiger partial charge in [0, 0.05) is 19.6 Å². The molecule has 0 aromatic heterocycles. The lowest BCUT2D eigenvalue weighted by Crippen LogP contribution is -2.43. The van der Waals surface area contributed by atoms with Crippen molar-refractivity contribution >= 4 is 5.91 Å². The molecule has 1 fully saturated rings. The second-order valence-electron chi connectivity index (χ2n) is 5.89. The summed E-state index contributed by atoms with van der Waals surface area (Å²) in [5.74, 6) is 0.357. The molecule has 0 radical (unpaired) electrons. The van der Waals surface area contributed by atoms with Gasteiger partial charge in [-0.15, -0.1) is 0 Å². The van der Waals surface area contributed by atoms with E-state index in [0.29, 0.717) is 5.91 Å². The molecule has 0 bridgehead atoms. The Morgan fingerprint density at radius 3 is 2.53 bits per heavy atom. The Hall–Kier alpha value is -1.35. The number of carbonyl (C=O) groups is 1. The van der Waals surface area contributed by atoms with Crippen LogP contribution in [-0.2, 0) is 17.9 Å². The lowest BCUT2D eigenvalue weighted by Gasteiger charge is -2.31. The summed E-state index contributed by atoms with van der Waals surface area (Å²) >= 11 is 0. The van der Waals surface area contributed by atoms with Gasteiger partial charge in [0.1, 0.15) is 0 Å². The SMILES string of the molecule is CCCC1(C(=O)N2Cc3ccccc3C2)CCNC1.